The molecule has 4 aromatic rings. The summed E-state index contributed by atoms with van der Waals surface area (Å²) in [5, 5.41) is 22.9. The van der Waals surface area contributed by atoms with Crippen LogP contribution in [0.5, 0.6) is 5.75 Å². The van der Waals surface area contributed by atoms with Crippen molar-refractivity contribution < 1.29 is 9.90 Å². The number of halogens is 1. The number of carbonyl (C=O) groups excluding carboxylic acids is 1. The number of aromatic hydroxyl groups is 1. The van der Waals surface area contributed by atoms with E-state index in [0.717, 1.165) is 6.42 Å². The van der Waals surface area contributed by atoms with Gasteiger partial charge >= 0.3 is 0 Å². The second-order valence-electron chi connectivity index (χ2n) is 7.06. The Kier molecular flexibility index (Phi) is 7.09. The van der Waals surface area contributed by atoms with Gasteiger partial charge in [-0.3, -0.25) is 4.79 Å². The molecule has 0 aliphatic rings. The number of amides is 1. The largest absolute Gasteiger partial charge is 0.507 e. The van der Waals surface area contributed by atoms with E-state index in [9.17, 15) is 9.90 Å². The summed E-state index contributed by atoms with van der Waals surface area (Å²) in [6.45, 7) is 0.610. The van der Waals surface area contributed by atoms with Gasteiger partial charge in [0.25, 0.3) is 0 Å². The number of benzene rings is 3. The van der Waals surface area contributed by atoms with Crippen molar-refractivity contribution in [3.05, 3.63) is 89.4 Å². The molecule has 32 heavy (non-hydrogen) atoms. The van der Waals surface area contributed by atoms with Crippen molar-refractivity contribution in [2.45, 2.75) is 18.1 Å². The maximum absolute atomic E-state index is 12.4. The van der Waals surface area contributed by atoms with Gasteiger partial charge in [0.15, 0.2) is 11.0 Å². The van der Waals surface area contributed by atoms with Crippen LogP contribution in [0.2, 0.25) is 5.02 Å². The highest BCUT2D eigenvalue weighted by Gasteiger charge is 2.18. The lowest BCUT2D eigenvalue weighted by Gasteiger charge is -2.11. The van der Waals surface area contributed by atoms with Crippen molar-refractivity contribution >= 4 is 35.0 Å². The van der Waals surface area contributed by atoms with Gasteiger partial charge in [0.05, 0.1) is 11.3 Å². The van der Waals surface area contributed by atoms with Crippen molar-refractivity contribution in [2.75, 3.05) is 11.1 Å². The molecule has 1 aromatic heterocycles. The lowest BCUT2D eigenvalue weighted by Crippen LogP contribution is -2.15. The first-order valence-corrected chi connectivity index (χ1v) is 11.4. The number of hydrogen-bond acceptors (Lipinski definition) is 5. The number of nitrogens with one attached hydrogen (secondary N) is 1. The number of phenols is 1. The normalized spacial score (nSPS) is 10.8. The van der Waals surface area contributed by atoms with Crippen LogP contribution in [-0.2, 0) is 17.8 Å². The molecule has 0 saturated heterocycles. The predicted molar refractivity (Wildman–Crippen MR) is 128 cm³/mol. The molecule has 0 radical (unpaired) electrons. The smallest absolute Gasteiger partial charge is 0.234 e. The molecule has 1 amide bonds. The molecule has 0 aliphatic carbocycles. The van der Waals surface area contributed by atoms with Gasteiger partial charge in [-0.2, -0.15) is 0 Å². The topological polar surface area (TPSA) is 80.0 Å². The molecule has 0 atom stereocenters. The van der Waals surface area contributed by atoms with Gasteiger partial charge in [-0.15, -0.1) is 10.2 Å². The second kappa shape index (κ2) is 10.3. The average Bonchev–Trinajstić information content (AvgIpc) is 3.20. The quantitative estimate of drug-likeness (QED) is 0.347. The molecule has 0 fully saturated rings. The Balaban J connectivity index is 1.53. The fourth-order valence-electron chi connectivity index (χ4n) is 3.24. The summed E-state index contributed by atoms with van der Waals surface area (Å²) in [5.74, 6) is 0.698. The van der Waals surface area contributed by atoms with Gasteiger partial charge in [0.2, 0.25) is 5.91 Å². The molecule has 0 spiro atoms. The highest BCUT2D eigenvalue weighted by atomic mass is 35.5. The average molecular weight is 465 g/mol. The molecule has 6 nitrogen and oxygen atoms in total. The number of anilines is 1. The third-order valence-corrected chi connectivity index (χ3v) is 5.97. The highest BCUT2D eigenvalue weighted by Crippen LogP contribution is 2.30. The standard InChI is InChI=1S/C24H21ClN4O2S/c25-18-9-6-10-19(15-18)26-22(31)16-32-24-28-27-23(20-11-4-5-12-21(20)30)29(24)14-13-17-7-2-1-3-8-17/h1-12,15,30H,13-14,16H2,(H,26,31). The minimum atomic E-state index is -0.168. The molecule has 162 valence electrons. The molecule has 1 heterocycles. The Labute approximate surface area is 195 Å². The number of nitrogens with zero attached hydrogens (tertiary/aromatic N) is 3. The van der Waals surface area contributed by atoms with Crippen LogP contribution in [0.3, 0.4) is 0 Å². The fraction of sp³-hybridized carbons (Fsp3) is 0.125. The lowest BCUT2D eigenvalue weighted by molar-refractivity contribution is -0.113. The van der Waals surface area contributed by atoms with E-state index in [1.807, 2.05) is 28.8 Å². The molecule has 0 bridgehead atoms. The second-order valence-corrected chi connectivity index (χ2v) is 8.44. The van der Waals surface area contributed by atoms with Crippen molar-refractivity contribution in [1.29, 1.82) is 0 Å². The van der Waals surface area contributed by atoms with Crippen molar-refractivity contribution in [3.63, 3.8) is 0 Å². The minimum absolute atomic E-state index is 0.135. The molecule has 0 aliphatic heterocycles. The summed E-state index contributed by atoms with van der Waals surface area (Å²) < 4.78 is 1.94. The summed E-state index contributed by atoms with van der Waals surface area (Å²) in [6, 6.07) is 24.2. The van der Waals surface area contributed by atoms with E-state index in [4.69, 9.17) is 11.6 Å². The van der Waals surface area contributed by atoms with Crippen LogP contribution in [0, 0.1) is 0 Å². The molecule has 2 N–H and O–H groups in total. The van der Waals surface area contributed by atoms with Gasteiger partial charge in [-0.1, -0.05) is 71.9 Å². The summed E-state index contributed by atoms with van der Waals surface area (Å²) in [5.41, 5.74) is 2.42. The van der Waals surface area contributed by atoms with Crippen LogP contribution >= 0.6 is 23.4 Å². The number of aromatic nitrogens is 3. The van der Waals surface area contributed by atoms with Crippen molar-refractivity contribution in [1.82, 2.24) is 14.8 Å². The monoisotopic (exact) mass is 464 g/mol. The Bertz CT molecular complexity index is 1210. The molecule has 8 heteroatoms. The summed E-state index contributed by atoms with van der Waals surface area (Å²) in [6.07, 6.45) is 0.766. The summed E-state index contributed by atoms with van der Waals surface area (Å²) in [7, 11) is 0. The first kappa shape index (κ1) is 21.9. The Morgan fingerprint density at radius 3 is 2.56 bits per heavy atom. The third kappa shape index (κ3) is 5.49. The van der Waals surface area contributed by atoms with Gasteiger partial charge in [-0.25, -0.2) is 0 Å². The maximum atomic E-state index is 12.4. The first-order chi connectivity index (χ1) is 15.6. The number of aryl methyl sites for hydroxylation is 1. The molecule has 0 saturated carbocycles. The Morgan fingerprint density at radius 1 is 1.00 bits per heavy atom. The van der Waals surface area contributed by atoms with Gasteiger partial charge in [0, 0.05) is 17.3 Å². The molecule has 3 aromatic carbocycles. The van der Waals surface area contributed by atoms with Crippen molar-refractivity contribution in [2.24, 2.45) is 0 Å². The van der Waals surface area contributed by atoms with E-state index in [1.54, 1.807) is 42.5 Å². The van der Waals surface area contributed by atoms with Crippen LogP contribution in [0.1, 0.15) is 5.56 Å². The zero-order chi connectivity index (χ0) is 22.3. The van der Waals surface area contributed by atoms with Crippen LogP contribution < -0.4 is 5.32 Å². The molecule has 4 rings (SSSR count). The van der Waals surface area contributed by atoms with E-state index in [2.05, 4.69) is 27.6 Å². The fourth-order valence-corrected chi connectivity index (χ4v) is 4.19. The van der Waals surface area contributed by atoms with E-state index in [0.29, 0.717) is 33.8 Å². The van der Waals surface area contributed by atoms with Gasteiger partial charge < -0.3 is 15.0 Å². The summed E-state index contributed by atoms with van der Waals surface area (Å²) in [4.78, 5) is 12.4. The zero-order valence-corrected chi connectivity index (χ0v) is 18.7. The Hall–Kier alpha value is -3.29. The first-order valence-electron chi connectivity index (χ1n) is 10.0. The molecular formula is C24H21ClN4O2S. The SMILES string of the molecule is O=C(CSc1nnc(-c2ccccc2O)n1CCc1ccccc1)Nc1cccc(Cl)c1. The van der Waals surface area contributed by atoms with Crippen LogP contribution in [0.25, 0.3) is 11.4 Å². The number of thioether (sulfide) groups is 1. The maximum Gasteiger partial charge on any atom is 0.234 e. The van der Waals surface area contributed by atoms with Gasteiger partial charge in [0.1, 0.15) is 5.75 Å². The Morgan fingerprint density at radius 2 is 1.78 bits per heavy atom. The van der Waals surface area contributed by atoms with E-state index >= 15 is 0 Å². The molecule has 0 unspecified atom stereocenters. The van der Waals surface area contributed by atoms with Crippen LogP contribution in [0.15, 0.2) is 84.0 Å². The van der Waals surface area contributed by atoms with Crippen LogP contribution in [-0.4, -0.2) is 31.5 Å². The predicted octanol–water partition coefficient (Wildman–Crippen LogP) is 5.28. The highest BCUT2D eigenvalue weighted by molar-refractivity contribution is 7.99. The number of carbonyl (C=O) groups is 1. The number of rotatable bonds is 8. The minimum Gasteiger partial charge on any atom is -0.507 e. The van der Waals surface area contributed by atoms with Crippen LogP contribution in [0.4, 0.5) is 5.69 Å². The third-order valence-electron chi connectivity index (χ3n) is 4.77. The van der Waals surface area contributed by atoms with E-state index in [-0.39, 0.29) is 17.4 Å². The van der Waals surface area contributed by atoms with Gasteiger partial charge in [-0.05, 0) is 42.3 Å². The zero-order valence-electron chi connectivity index (χ0n) is 17.1. The van der Waals surface area contributed by atoms with E-state index < -0.39 is 0 Å². The lowest BCUT2D eigenvalue weighted by atomic mass is 10.1. The van der Waals surface area contributed by atoms with Crippen molar-refractivity contribution in [3.8, 4) is 17.1 Å². The summed E-state index contributed by atoms with van der Waals surface area (Å²) >= 11 is 7.28. The number of phenolic OH excluding ortho intramolecular Hbond substituents is 1. The van der Waals surface area contributed by atoms with E-state index in [1.165, 1.54) is 17.3 Å². The molecular weight excluding hydrogens is 444 g/mol. The number of para-hydroxylation sites is 1. The number of hydrogen-bond donors (Lipinski definition) is 2.